The van der Waals surface area contributed by atoms with Gasteiger partial charge >= 0.3 is 17.7 Å². The number of carbonyl (C=O) groups is 1. The molecule has 0 saturated carbocycles. The number of pyridine rings is 1. The second-order valence-electron chi connectivity index (χ2n) is 2.51. The highest BCUT2D eigenvalue weighted by atomic mass is 16.6. The Labute approximate surface area is 84.8 Å². The molecule has 0 bridgehead atoms. The zero-order chi connectivity index (χ0) is 11.4. The monoisotopic (exact) mass is 212 g/mol. The number of carbonyl (C=O) groups excluding carboxylic acids is 1. The van der Waals surface area contributed by atoms with E-state index in [9.17, 15) is 14.9 Å². The normalized spacial score (nSPS) is 9.47. The molecule has 0 aliphatic heterocycles. The summed E-state index contributed by atoms with van der Waals surface area (Å²) in [5, 5.41) is 10.5. The first kappa shape index (κ1) is 10.9. The Morgan fingerprint density at radius 3 is 2.60 bits per heavy atom. The van der Waals surface area contributed by atoms with E-state index in [0.29, 0.717) is 0 Å². The minimum Gasteiger partial charge on any atom is -0.465 e. The minimum absolute atomic E-state index is 0.00963. The van der Waals surface area contributed by atoms with Gasteiger partial charge in [-0.25, -0.2) is 4.79 Å². The lowest BCUT2D eigenvalue weighted by Gasteiger charge is -2.00. The van der Waals surface area contributed by atoms with Gasteiger partial charge in [-0.05, 0) is 4.92 Å². The Hall–Kier alpha value is -2.18. The van der Waals surface area contributed by atoms with Gasteiger partial charge in [-0.15, -0.1) is 0 Å². The maximum absolute atomic E-state index is 11.1. The van der Waals surface area contributed by atoms with Gasteiger partial charge in [0.05, 0.1) is 25.8 Å². The highest BCUT2D eigenvalue weighted by molar-refractivity contribution is 5.90. The van der Waals surface area contributed by atoms with Crippen LogP contribution in [-0.2, 0) is 4.74 Å². The van der Waals surface area contributed by atoms with Crippen molar-refractivity contribution in [3.8, 4) is 5.88 Å². The van der Waals surface area contributed by atoms with Crippen LogP contribution in [-0.4, -0.2) is 30.1 Å². The van der Waals surface area contributed by atoms with Gasteiger partial charge in [-0.3, -0.25) is 0 Å². The van der Waals surface area contributed by atoms with Crippen molar-refractivity contribution < 1.29 is 19.2 Å². The Balaban J connectivity index is 3.23. The zero-order valence-electron chi connectivity index (χ0n) is 8.09. The largest absolute Gasteiger partial charge is 0.465 e. The molecule has 0 aliphatic rings. The van der Waals surface area contributed by atoms with Gasteiger partial charge in [0.15, 0.2) is 0 Å². The molecule has 1 heterocycles. The Morgan fingerprint density at radius 1 is 1.47 bits per heavy atom. The zero-order valence-corrected chi connectivity index (χ0v) is 8.09. The molecule has 0 N–H and O–H groups in total. The first-order valence-corrected chi connectivity index (χ1v) is 3.87. The molecule has 7 nitrogen and oxygen atoms in total. The van der Waals surface area contributed by atoms with Crippen molar-refractivity contribution in [1.29, 1.82) is 0 Å². The van der Waals surface area contributed by atoms with Gasteiger partial charge in [-0.1, -0.05) is 0 Å². The molecule has 0 aromatic carbocycles. The molecular weight excluding hydrogens is 204 g/mol. The summed E-state index contributed by atoms with van der Waals surface area (Å²) >= 11 is 0. The van der Waals surface area contributed by atoms with Crippen molar-refractivity contribution in [1.82, 2.24) is 4.98 Å². The van der Waals surface area contributed by atoms with E-state index in [-0.39, 0.29) is 11.4 Å². The average molecular weight is 212 g/mol. The first-order chi connectivity index (χ1) is 7.08. The summed E-state index contributed by atoms with van der Waals surface area (Å²) in [7, 11) is 2.48. The third-order valence-corrected chi connectivity index (χ3v) is 1.61. The lowest BCUT2D eigenvalue weighted by molar-refractivity contribution is -0.389. The van der Waals surface area contributed by atoms with E-state index in [1.807, 2.05) is 0 Å². The summed E-state index contributed by atoms with van der Waals surface area (Å²) in [5.41, 5.74) is 0.0241. The third kappa shape index (κ3) is 2.39. The van der Waals surface area contributed by atoms with Crippen LogP contribution in [0.5, 0.6) is 5.88 Å². The fraction of sp³-hybridized carbons (Fsp3) is 0.250. The van der Waals surface area contributed by atoms with Crippen molar-refractivity contribution in [3.05, 3.63) is 27.8 Å². The van der Waals surface area contributed by atoms with Crippen molar-refractivity contribution in [3.63, 3.8) is 0 Å². The Kier molecular flexibility index (Phi) is 3.17. The maximum Gasteiger partial charge on any atom is 0.368 e. The maximum atomic E-state index is 11.1. The molecule has 0 saturated heterocycles. The van der Waals surface area contributed by atoms with Crippen LogP contribution < -0.4 is 4.74 Å². The molecular formula is C8H8N2O5. The van der Waals surface area contributed by atoms with E-state index in [4.69, 9.17) is 4.74 Å². The molecule has 0 unspecified atom stereocenters. The van der Waals surface area contributed by atoms with Crippen molar-refractivity contribution in [2.45, 2.75) is 0 Å². The van der Waals surface area contributed by atoms with Crippen molar-refractivity contribution in [2.75, 3.05) is 14.2 Å². The van der Waals surface area contributed by atoms with Crippen LogP contribution in [0.25, 0.3) is 0 Å². The number of methoxy groups -OCH3 is 2. The highest BCUT2D eigenvalue weighted by Gasteiger charge is 2.17. The van der Waals surface area contributed by atoms with E-state index in [0.717, 1.165) is 6.07 Å². The molecule has 0 atom stereocenters. The van der Waals surface area contributed by atoms with Gasteiger partial charge in [0, 0.05) is 11.1 Å². The number of esters is 1. The molecule has 1 aromatic rings. The average Bonchev–Trinajstić information content (AvgIpc) is 2.27. The molecule has 80 valence electrons. The molecule has 15 heavy (non-hydrogen) atoms. The van der Waals surface area contributed by atoms with E-state index in [2.05, 4.69) is 9.72 Å². The summed E-state index contributed by atoms with van der Waals surface area (Å²) in [6.45, 7) is 0. The number of nitrogens with zero attached hydrogens (tertiary/aromatic N) is 2. The topological polar surface area (TPSA) is 91.6 Å². The fourth-order valence-electron chi connectivity index (χ4n) is 0.925. The second-order valence-corrected chi connectivity index (χ2v) is 2.51. The van der Waals surface area contributed by atoms with Crippen molar-refractivity contribution in [2.24, 2.45) is 0 Å². The lowest BCUT2D eigenvalue weighted by Crippen LogP contribution is -2.04. The summed E-state index contributed by atoms with van der Waals surface area (Å²) < 4.78 is 9.14. The SMILES string of the molecule is COC(=O)c1cc(OC)nc([N+](=O)[O-])c1. The number of nitro groups is 1. The molecule has 0 radical (unpaired) electrons. The van der Waals surface area contributed by atoms with Crippen LogP contribution in [0.1, 0.15) is 10.4 Å². The third-order valence-electron chi connectivity index (χ3n) is 1.61. The lowest BCUT2D eigenvalue weighted by atomic mass is 10.2. The number of aromatic nitrogens is 1. The smallest absolute Gasteiger partial charge is 0.368 e. The predicted molar refractivity (Wildman–Crippen MR) is 48.8 cm³/mol. The van der Waals surface area contributed by atoms with E-state index in [1.165, 1.54) is 20.3 Å². The number of hydrogen-bond acceptors (Lipinski definition) is 6. The number of hydrogen-bond donors (Lipinski definition) is 0. The summed E-state index contributed by atoms with van der Waals surface area (Å²) in [6.07, 6.45) is 0. The van der Waals surface area contributed by atoms with Crippen LogP contribution in [0.2, 0.25) is 0 Å². The Bertz CT molecular complexity index is 404. The quantitative estimate of drug-likeness (QED) is 0.417. The van der Waals surface area contributed by atoms with Crippen LogP contribution >= 0.6 is 0 Å². The van der Waals surface area contributed by atoms with Gasteiger partial charge < -0.3 is 19.6 Å². The number of ether oxygens (including phenoxy) is 2. The number of rotatable bonds is 3. The molecule has 0 aliphatic carbocycles. The fourth-order valence-corrected chi connectivity index (χ4v) is 0.925. The van der Waals surface area contributed by atoms with E-state index >= 15 is 0 Å². The van der Waals surface area contributed by atoms with E-state index in [1.54, 1.807) is 0 Å². The molecule has 7 heteroatoms. The molecule has 0 amide bonds. The van der Waals surface area contributed by atoms with Gasteiger partial charge in [0.1, 0.15) is 0 Å². The van der Waals surface area contributed by atoms with Gasteiger partial charge in [0.25, 0.3) is 0 Å². The molecule has 1 aromatic heterocycles. The Morgan fingerprint density at radius 2 is 2.13 bits per heavy atom. The van der Waals surface area contributed by atoms with Crippen molar-refractivity contribution >= 4 is 11.8 Å². The molecule has 0 fully saturated rings. The van der Waals surface area contributed by atoms with Crippen LogP contribution in [0.15, 0.2) is 12.1 Å². The highest BCUT2D eigenvalue weighted by Crippen LogP contribution is 2.18. The van der Waals surface area contributed by atoms with Gasteiger partial charge in [0.2, 0.25) is 0 Å². The first-order valence-electron chi connectivity index (χ1n) is 3.87. The second kappa shape index (κ2) is 4.36. The van der Waals surface area contributed by atoms with Gasteiger partial charge in [-0.2, -0.15) is 0 Å². The molecule has 1 rings (SSSR count). The minimum atomic E-state index is -0.713. The van der Waals surface area contributed by atoms with E-state index < -0.39 is 16.7 Å². The van der Waals surface area contributed by atoms with Crippen LogP contribution in [0.3, 0.4) is 0 Å². The summed E-state index contributed by atoms with van der Waals surface area (Å²) in [5.74, 6) is -1.15. The predicted octanol–water partition coefficient (Wildman–Crippen LogP) is 0.785. The summed E-state index contributed by atoms with van der Waals surface area (Å²) in [6, 6.07) is 2.28. The summed E-state index contributed by atoms with van der Waals surface area (Å²) in [4.78, 5) is 24.4. The van der Waals surface area contributed by atoms with Crippen LogP contribution in [0.4, 0.5) is 5.82 Å². The molecule has 0 spiro atoms. The van der Waals surface area contributed by atoms with Crippen LogP contribution in [0, 0.1) is 10.1 Å². The standard InChI is InChI=1S/C8H8N2O5/c1-14-7-4-5(8(11)15-2)3-6(9-7)10(12)13/h3-4H,1-2H3.